The summed E-state index contributed by atoms with van der Waals surface area (Å²) >= 11 is 0. The molecule has 1 aliphatic rings. The number of pyridine rings is 1. The maximum atomic E-state index is 15.0. The van der Waals surface area contributed by atoms with E-state index < -0.39 is 15.4 Å². The summed E-state index contributed by atoms with van der Waals surface area (Å²) in [7, 11) is -3.29. The molecule has 2 aromatic heterocycles. The summed E-state index contributed by atoms with van der Waals surface area (Å²) in [6.45, 7) is 6.90. The summed E-state index contributed by atoms with van der Waals surface area (Å²) in [5.41, 5.74) is 1.43. The van der Waals surface area contributed by atoms with Crippen LogP contribution in [-0.2, 0) is 21.1 Å². The highest BCUT2D eigenvalue weighted by atomic mass is 32.2. The van der Waals surface area contributed by atoms with Crippen LogP contribution in [-0.4, -0.2) is 53.9 Å². The average Bonchev–Trinajstić information content (AvgIpc) is 3.15. The predicted octanol–water partition coefficient (Wildman–Crippen LogP) is 4.74. The van der Waals surface area contributed by atoms with Gasteiger partial charge < -0.3 is 14.2 Å². The molecule has 0 bridgehead atoms. The van der Waals surface area contributed by atoms with Crippen molar-refractivity contribution in [2.24, 2.45) is 0 Å². The summed E-state index contributed by atoms with van der Waals surface area (Å²) in [6, 6.07) is 8.27. The summed E-state index contributed by atoms with van der Waals surface area (Å²) in [6.07, 6.45) is 5.84. The van der Waals surface area contributed by atoms with Crippen LogP contribution in [0.2, 0.25) is 0 Å². The van der Waals surface area contributed by atoms with E-state index in [9.17, 15) is 17.6 Å². The van der Waals surface area contributed by atoms with Crippen molar-refractivity contribution in [3.05, 3.63) is 59.8 Å². The quantitative estimate of drug-likeness (QED) is 0.531. The molecular weight excluding hydrogens is 457 g/mol. The van der Waals surface area contributed by atoms with Gasteiger partial charge in [0.2, 0.25) is 0 Å². The van der Waals surface area contributed by atoms with Gasteiger partial charge >= 0.3 is 6.09 Å². The number of likely N-dealkylation sites (tertiary alicyclic amines) is 1. The van der Waals surface area contributed by atoms with Crippen molar-refractivity contribution >= 4 is 26.8 Å². The lowest BCUT2D eigenvalue weighted by Gasteiger charge is -2.33. The maximum Gasteiger partial charge on any atom is 0.410 e. The molecule has 0 atom stereocenters. The third kappa shape index (κ3) is 5.41. The molecule has 1 saturated heterocycles. The van der Waals surface area contributed by atoms with E-state index in [1.165, 1.54) is 6.26 Å². The van der Waals surface area contributed by atoms with E-state index in [2.05, 4.69) is 4.98 Å². The summed E-state index contributed by atoms with van der Waals surface area (Å²) in [5, 5.41) is 0.775. The number of aromatic nitrogens is 2. The monoisotopic (exact) mass is 487 g/mol. The van der Waals surface area contributed by atoms with Crippen molar-refractivity contribution in [2.45, 2.75) is 56.6 Å². The zero-order chi connectivity index (χ0) is 24.7. The summed E-state index contributed by atoms with van der Waals surface area (Å²) < 4.78 is 45.9. The van der Waals surface area contributed by atoms with E-state index >= 15 is 0 Å². The van der Waals surface area contributed by atoms with Gasteiger partial charge in [0.05, 0.1) is 17.1 Å². The maximum absolute atomic E-state index is 15.0. The molecule has 1 aliphatic heterocycles. The number of fused-ring (bicyclic) bond motifs is 1. The van der Waals surface area contributed by atoms with E-state index in [1.54, 1.807) is 41.6 Å². The first kappa shape index (κ1) is 24.2. The fourth-order valence-corrected chi connectivity index (χ4v) is 4.91. The number of nitrogens with zero attached hydrogens (tertiary/aromatic N) is 3. The molecule has 0 N–H and O–H groups in total. The third-order valence-corrected chi connectivity index (χ3v) is 7.16. The molecule has 1 fully saturated rings. The average molecular weight is 488 g/mol. The highest BCUT2D eigenvalue weighted by Gasteiger charge is 2.28. The Bertz CT molecular complexity index is 1320. The Kier molecular flexibility index (Phi) is 6.42. The largest absolute Gasteiger partial charge is 0.444 e. The fraction of sp³-hybridized carbons (Fsp3) is 0.440. The van der Waals surface area contributed by atoms with Crippen molar-refractivity contribution in [3.63, 3.8) is 0 Å². The van der Waals surface area contributed by atoms with Crippen LogP contribution in [0.25, 0.3) is 10.9 Å². The first-order valence-corrected chi connectivity index (χ1v) is 13.2. The zero-order valence-corrected chi connectivity index (χ0v) is 20.7. The first-order chi connectivity index (χ1) is 15.9. The number of hydrogen-bond donors (Lipinski definition) is 0. The van der Waals surface area contributed by atoms with Gasteiger partial charge in [-0.15, -0.1) is 0 Å². The molecule has 3 heterocycles. The van der Waals surface area contributed by atoms with Gasteiger partial charge in [0, 0.05) is 42.6 Å². The number of rotatable bonds is 4. The number of amides is 1. The second-order valence-electron chi connectivity index (χ2n) is 9.88. The lowest BCUT2D eigenvalue weighted by Crippen LogP contribution is -2.41. The molecule has 0 saturated carbocycles. The third-order valence-electron chi connectivity index (χ3n) is 6.05. The molecule has 0 aliphatic carbocycles. The SMILES string of the molecule is CC(C)(C)OC(=O)N1CCC(c2cnc(Cn3ccc4cc(S(C)(=O)=O)ccc43)c(F)c2)CC1. The van der Waals surface area contributed by atoms with E-state index in [0.29, 0.717) is 18.8 Å². The Balaban J connectivity index is 1.44. The van der Waals surface area contributed by atoms with E-state index in [1.807, 2.05) is 31.4 Å². The molecule has 4 rings (SSSR count). The van der Waals surface area contributed by atoms with E-state index in [4.69, 9.17) is 4.74 Å². The van der Waals surface area contributed by atoms with Crippen LogP contribution in [0.3, 0.4) is 0 Å². The Morgan fingerprint density at radius 2 is 1.88 bits per heavy atom. The van der Waals surface area contributed by atoms with Gasteiger partial charge in [-0.2, -0.15) is 0 Å². The van der Waals surface area contributed by atoms with Crippen molar-refractivity contribution in [2.75, 3.05) is 19.3 Å². The standard InChI is InChI=1S/C25H30FN3O4S/c1-25(2,3)33-24(30)28-10-7-17(8-11-28)19-14-21(26)22(27-15-19)16-29-12-9-18-13-20(34(4,31)32)5-6-23(18)29/h5-6,9,12-15,17H,7-8,10-11,16H2,1-4H3. The molecule has 182 valence electrons. The van der Waals surface area contributed by atoms with Crippen LogP contribution >= 0.6 is 0 Å². The number of ether oxygens (including phenoxy) is 1. The van der Waals surface area contributed by atoms with Gasteiger partial charge in [0.15, 0.2) is 9.84 Å². The summed E-state index contributed by atoms with van der Waals surface area (Å²) in [4.78, 5) is 18.6. The van der Waals surface area contributed by atoms with Gasteiger partial charge in [-0.1, -0.05) is 0 Å². The number of sulfone groups is 1. The van der Waals surface area contributed by atoms with Crippen LogP contribution in [0.15, 0.2) is 47.6 Å². The number of carbonyl (C=O) groups excluding carboxylic acids is 1. The molecule has 1 amide bonds. The molecule has 0 unspecified atom stereocenters. The number of piperidine rings is 1. The van der Waals surface area contributed by atoms with Gasteiger partial charge in [0.1, 0.15) is 11.4 Å². The molecule has 7 nitrogen and oxygen atoms in total. The number of benzene rings is 1. The highest BCUT2D eigenvalue weighted by Crippen LogP contribution is 2.29. The predicted molar refractivity (Wildman–Crippen MR) is 128 cm³/mol. The van der Waals surface area contributed by atoms with Gasteiger partial charge in [-0.25, -0.2) is 17.6 Å². The number of halogens is 1. The molecule has 0 spiro atoms. The molecule has 3 aromatic rings. The summed E-state index contributed by atoms with van der Waals surface area (Å²) in [5.74, 6) is -0.238. The number of hydrogen-bond acceptors (Lipinski definition) is 5. The van der Waals surface area contributed by atoms with Crippen LogP contribution in [0.1, 0.15) is 50.8 Å². The Hall–Kier alpha value is -2.94. The smallest absolute Gasteiger partial charge is 0.410 e. The van der Waals surface area contributed by atoms with Gasteiger partial charge in [-0.05, 0) is 75.4 Å². The number of carbonyl (C=O) groups is 1. The molecule has 34 heavy (non-hydrogen) atoms. The van der Waals surface area contributed by atoms with E-state index in [-0.39, 0.29) is 29.3 Å². The van der Waals surface area contributed by atoms with Crippen LogP contribution in [0, 0.1) is 5.82 Å². The van der Waals surface area contributed by atoms with Crippen molar-refractivity contribution in [3.8, 4) is 0 Å². The second-order valence-corrected chi connectivity index (χ2v) is 11.9. The van der Waals surface area contributed by atoms with Crippen molar-refractivity contribution in [1.29, 1.82) is 0 Å². The fourth-order valence-electron chi connectivity index (χ4n) is 4.25. The normalized spacial score (nSPS) is 15.6. The second kappa shape index (κ2) is 9.02. The highest BCUT2D eigenvalue weighted by molar-refractivity contribution is 7.90. The lowest BCUT2D eigenvalue weighted by molar-refractivity contribution is 0.0204. The van der Waals surface area contributed by atoms with Gasteiger partial charge in [0.25, 0.3) is 0 Å². The van der Waals surface area contributed by atoms with Crippen molar-refractivity contribution in [1.82, 2.24) is 14.5 Å². The molecule has 0 radical (unpaired) electrons. The van der Waals surface area contributed by atoms with Crippen LogP contribution < -0.4 is 0 Å². The topological polar surface area (TPSA) is 81.5 Å². The lowest BCUT2D eigenvalue weighted by atomic mass is 9.90. The Labute approximate surface area is 199 Å². The Morgan fingerprint density at radius 1 is 1.18 bits per heavy atom. The molecular formula is C25H30FN3O4S. The minimum Gasteiger partial charge on any atom is -0.444 e. The minimum atomic E-state index is -3.29. The Morgan fingerprint density at radius 3 is 2.50 bits per heavy atom. The van der Waals surface area contributed by atoms with E-state index in [0.717, 1.165) is 29.3 Å². The molecule has 1 aromatic carbocycles. The van der Waals surface area contributed by atoms with Gasteiger partial charge in [-0.3, -0.25) is 4.98 Å². The zero-order valence-electron chi connectivity index (χ0n) is 19.9. The minimum absolute atomic E-state index is 0.136. The van der Waals surface area contributed by atoms with Crippen molar-refractivity contribution < 1.29 is 22.3 Å². The van der Waals surface area contributed by atoms with Crippen LogP contribution in [0.4, 0.5) is 9.18 Å². The molecule has 9 heteroatoms. The van der Waals surface area contributed by atoms with Crippen LogP contribution in [0.5, 0.6) is 0 Å². The first-order valence-electron chi connectivity index (χ1n) is 11.3.